The minimum Gasteiger partial charge on any atom is -0.524 e. The third-order valence-electron chi connectivity index (χ3n) is 7.91. The molecule has 1 spiro atoms. The van der Waals surface area contributed by atoms with Crippen molar-refractivity contribution in [3.8, 4) is 0 Å². The van der Waals surface area contributed by atoms with E-state index in [0.717, 1.165) is 0 Å². The van der Waals surface area contributed by atoms with Gasteiger partial charge in [0.1, 0.15) is 0 Å². The quantitative estimate of drug-likeness (QED) is 0.571. The fraction of sp³-hybridized carbons (Fsp3) is 0.286. The van der Waals surface area contributed by atoms with Crippen LogP contribution in [0.1, 0.15) is 38.8 Å². The van der Waals surface area contributed by atoms with Crippen molar-refractivity contribution in [2.24, 2.45) is 0 Å². The summed E-state index contributed by atoms with van der Waals surface area (Å²) >= 11 is 0. The smallest absolute Gasteiger partial charge is 0.457 e. The van der Waals surface area contributed by atoms with Crippen molar-refractivity contribution in [2.45, 2.75) is 51.0 Å². The maximum Gasteiger partial charge on any atom is 0.457 e. The number of benzene rings is 2. The molecule has 0 aromatic heterocycles. The molecule has 0 N–H and O–H groups in total. The predicted octanol–water partition coefficient (Wildman–Crippen LogP) is 5.60. The first-order chi connectivity index (χ1) is 15.8. The Kier molecular flexibility index (Phi) is 4.36. The molecule has 2 fully saturated rings. The van der Waals surface area contributed by atoms with Crippen LogP contribution >= 0.6 is 0 Å². The Morgan fingerprint density at radius 2 is 1.03 bits per heavy atom. The van der Waals surface area contributed by atoms with Crippen LogP contribution in [0.2, 0.25) is 0 Å². The number of hydrogen-bond donors (Lipinski definition) is 0. The molecule has 2 aromatic carbocycles. The van der Waals surface area contributed by atoms with Crippen LogP contribution in [0.3, 0.4) is 0 Å². The van der Waals surface area contributed by atoms with Gasteiger partial charge in [0.15, 0.2) is 0 Å². The molecule has 5 heteroatoms. The molecule has 4 heterocycles. The van der Waals surface area contributed by atoms with Crippen LogP contribution < -0.4 is 0 Å². The van der Waals surface area contributed by atoms with Gasteiger partial charge in [0, 0.05) is 23.3 Å². The van der Waals surface area contributed by atoms with Gasteiger partial charge in [0.2, 0.25) is 0 Å². The van der Waals surface area contributed by atoms with E-state index in [1.807, 2.05) is 0 Å². The lowest BCUT2D eigenvalue weighted by atomic mass is 9.83. The van der Waals surface area contributed by atoms with Gasteiger partial charge in [-0.1, -0.05) is 72.8 Å². The summed E-state index contributed by atoms with van der Waals surface area (Å²) in [6.45, 7) is 6.65. The Labute approximate surface area is 196 Å². The molecule has 168 valence electrons. The molecule has 0 radical (unpaired) electrons. The van der Waals surface area contributed by atoms with Gasteiger partial charge >= 0.3 is 6.82 Å². The van der Waals surface area contributed by atoms with Crippen LogP contribution in [-0.2, 0) is 9.31 Å². The molecule has 6 rings (SSSR count). The molecule has 0 bridgehead atoms. The second kappa shape index (κ2) is 6.99. The Morgan fingerprint density at radius 3 is 1.42 bits per heavy atom. The summed E-state index contributed by atoms with van der Waals surface area (Å²) in [5.74, 6) is 0. The van der Waals surface area contributed by atoms with Gasteiger partial charge in [-0.3, -0.25) is 0 Å². The summed E-state index contributed by atoms with van der Waals surface area (Å²) in [6.07, 6.45) is 13.5. The Morgan fingerprint density at radius 1 is 0.636 bits per heavy atom. The molecular formula is C28H30BN2O2-. The maximum atomic E-state index is 6.86. The van der Waals surface area contributed by atoms with E-state index in [0.29, 0.717) is 0 Å². The van der Waals surface area contributed by atoms with Gasteiger partial charge in [-0.05, 0) is 74.5 Å². The number of rotatable bonds is 2. The lowest BCUT2D eigenvalue weighted by Crippen LogP contribution is -2.60. The first-order valence-electron chi connectivity index (χ1n) is 11.8. The van der Waals surface area contributed by atoms with Gasteiger partial charge in [-0.25, -0.2) is 0 Å². The van der Waals surface area contributed by atoms with E-state index in [4.69, 9.17) is 9.31 Å². The summed E-state index contributed by atoms with van der Waals surface area (Å²) in [5, 5.41) is 0. The van der Waals surface area contributed by atoms with E-state index >= 15 is 0 Å². The minimum atomic E-state index is -1.86. The van der Waals surface area contributed by atoms with Crippen molar-refractivity contribution in [3.05, 3.63) is 108 Å². The van der Waals surface area contributed by atoms with Crippen LogP contribution in [0.25, 0.3) is 11.1 Å². The van der Waals surface area contributed by atoms with E-state index in [-0.39, 0.29) is 12.1 Å². The van der Waals surface area contributed by atoms with Crippen molar-refractivity contribution in [3.63, 3.8) is 0 Å². The lowest BCUT2D eigenvalue weighted by Gasteiger charge is -2.48. The number of allylic oxidation sites excluding steroid dienone is 4. The van der Waals surface area contributed by atoms with Gasteiger partial charge in [-0.2, -0.15) is 0 Å². The average Bonchev–Trinajstić information content (AvgIpc) is 3.19. The molecule has 0 unspecified atom stereocenters. The Hall–Kier alpha value is -3.02. The number of hydrogen-bond acceptors (Lipinski definition) is 4. The first kappa shape index (κ1) is 20.6. The topological polar surface area (TPSA) is 24.9 Å². The third kappa shape index (κ3) is 2.99. The predicted molar refractivity (Wildman–Crippen MR) is 134 cm³/mol. The number of nitrogens with zero attached hydrogens (tertiary/aromatic N) is 2. The molecule has 33 heavy (non-hydrogen) atoms. The standard InChI is InChI=1S/C28H30BN2O2/c1-27(2)28(3,4)33-29(32-27)30-17-15-23(21-11-7-5-8-12-21)19-25(30)26-20-24(16-18-31(26)29)22-13-9-6-10-14-22/h5-20,25-26H,1-4H3/q-1/t25-,26-/m1/s1. The molecule has 0 aliphatic carbocycles. The normalized spacial score (nSPS) is 27.9. The summed E-state index contributed by atoms with van der Waals surface area (Å²) in [7, 11) is 0. The highest BCUT2D eigenvalue weighted by Gasteiger charge is 2.63. The van der Waals surface area contributed by atoms with Gasteiger partial charge in [0.05, 0.1) is 0 Å². The molecule has 2 aromatic rings. The third-order valence-corrected chi connectivity index (χ3v) is 7.91. The molecule has 4 nitrogen and oxygen atoms in total. The van der Waals surface area contributed by atoms with Crippen LogP contribution in [0.5, 0.6) is 0 Å². The summed E-state index contributed by atoms with van der Waals surface area (Å²) in [6, 6.07) is 21.3. The van der Waals surface area contributed by atoms with Gasteiger partial charge in [0.25, 0.3) is 0 Å². The maximum absolute atomic E-state index is 6.86. The highest BCUT2D eigenvalue weighted by molar-refractivity contribution is 6.64. The molecule has 0 saturated carbocycles. The second-order valence-electron chi connectivity index (χ2n) is 10.4. The van der Waals surface area contributed by atoms with Crippen LogP contribution in [-0.4, -0.2) is 39.7 Å². The molecule has 4 aliphatic heterocycles. The molecule has 0 amide bonds. The van der Waals surface area contributed by atoms with E-state index in [2.05, 4.69) is 135 Å². The summed E-state index contributed by atoms with van der Waals surface area (Å²) in [5.41, 5.74) is 4.04. The van der Waals surface area contributed by atoms with E-state index < -0.39 is 18.0 Å². The van der Waals surface area contributed by atoms with Crippen molar-refractivity contribution < 1.29 is 9.31 Å². The fourth-order valence-corrected chi connectivity index (χ4v) is 5.50. The average molecular weight is 437 g/mol. The van der Waals surface area contributed by atoms with Crippen molar-refractivity contribution >= 4 is 18.0 Å². The molecule has 4 aliphatic rings. The van der Waals surface area contributed by atoms with Crippen molar-refractivity contribution in [1.82, 2.24) is 9.62 Å². The van der Waals surface area contributed by atoms with Crippen molar-refractivity contribution in [1.29, 1.82) is 0 Å². The zero-order valence-corrected chi connectivity index (χ0v) is 19.7. The minimum absolute atomic E-state index is 0.0959. The summed E-state index contributed by atoms with van der Waals surface area (Å²) in [4.78, 5) is 4.62. The van der Waals surface area contributed by atoms with Crippen molar-refractivity contribution in [2.75, 3.05) is 0 Å². The van der Waals surface area contributed by atoms with E-state index in [1.165, 1.54) is 22.3 Å². The number of fused-ring (bicyclic) bond motifs is 5. The van der Waals surface area contributed by atoms with E-state index in [1.54, 1.807) is 0 Å². The molecular weight excluding hydrogens is 407 g/mol. The second-order valence-corrected chi connectivity index (χ2v) is 10.4. The summed E-state index contributed by atoms with van der Waals surface area (Å²) < 4.78 is 13.7. The first-order valence-corrected chi connectivity index (χ1v) is 11.8. The monoisotopic (exact) mass is 437 g/mol. The Bertz CT molecular complexity index is 1100. The van der Waals surface area contributed by atoms with Gasteiger partial charge in [-0.15, -0.1) is 0 Å². The van der Waals surface area contributed by atoms with E-state index in [9.17, 15) is 0 Å². The zero-order chi connectivity index (χ0) is 22.8. The highest BCUT2D eigenvalue weighted by atomic mass is 16.7. The lowest BCUT2D eigenvalue weighted by molar-refractivity contribution is 0.00578. The SMILES string of the molecule is CC1(C)O[B-]2(OC1(C)C)N1C=CC(c3ccccc3)=C[C@@H]1[C@H]1C=C(c3ccccc3)C=CN12. The Balaban J connectivity index is 1.47. The zero-order valence-electron chi connectivity index (χ0n) is 19.7. The van der Waals surface area contributed by atoms with Crippen LogP contribution in [0, 0.1) is 0 Å². The highest BCUT2D eigenvalue weighted by Crippen LogP contribution is 2.51. The largest absolute Gasteiger partial charge is 0.524 e. The molecule has 2 saturated heterocycles. The fourth-order valence-electron chi connectivity index (χ4n) is 5.50. The van der Waals surface area contributed by atoms with Gasteiger partial charge < -0.3 is 18.9 Å². The molecule has 2 atom stereocenters. The van der Waals surface area contributed by atoms with Crippen LogP contribution in [0.4, 0.5) is 0 Å². The van der Waals surface area contributed by atoms with Crippen LogP contribution in [0.15, 0.2) is 97.4 Å².